The van der Waals surface area contributed by atoms with Crippen LogP contribution in [0.15, 0.2) is 42.6 Å². The van der Waals surface area contributed by atoms with Crippen molar-refractivity contribution in [2.24, 2.45) is 0 Å². The van der Waals surface area contributed by atoms with Crippen LogP contribution >= 0.6 is 22.9 Å². The number of carbonyl (C=O) groups excluding carboxylic acids is 2. The number of benzene rings is 1. The molecule has 3 aromatic rings. The third-order valence-electron chi connectivity index (χ3n) is 4.88. The lowest BCUT2D eigenvalue weighted by atomic mass is 10.2. The third kappa shape index (κ3) is 5.07. The highest BCUT2D eigenvalue weighted by molar-refractivity contribution is 7.18. The summed E-state index contributed by atoms with van der Waals surface area (Å²) in [7, 11) is 0. The summed E-state index contributed by atoms with van der Waals surface area (Å²) in [5.41, 5.74) is 1.44. The number of hydrogen-bond donors (Lipinski definition) is 2. The van der Waals surface area contributed by atoms with Gasteiger partial charge in [-0.3, -0.25) is 9.59 Å². The van der Waals surface area contributed by atoms with Crippen molar-refractivity contribution < 1.29 is 18.7 Å². The van der Waals surface area contributed by atoms with Crippen molar-refractivity contribution in [1.29, 1.82) is 0 Å². The number of anilines is 3. The molecule has 32 heavy (non-hydrogen) atoms. The molecule has 1 saturated heterocycles. The van der Waals surface area contributed by atoms with Gasteiger partial charge >= 0.3 is 0 Å². The van der Waals surface area contributed by atoms with Crippen molar-refractivity contribution in [1.82, 2.24) is 4.98 Å². The second-order valence-corrected chi connectivity index (χ2v) is 8.62. The first kappa shape index (κ1) is 22.2. The summed E-state index contributed by atoms with van der Waals surface area (Å²) < 4.78 is 18.6. The second-order valence-electron chi connectivity index (χ2n) is 7.16. The van der Waals surface area contributed by atoms with Gasteiger partial charge in [-0.15, -0.1) is 11.3 Å². The van der Waals surface area contributed by atoms with Crippen LogP contribution in [0.4, 0.5) is 20.9 Å². The van der Waals surface area contributed by atoms with Crippen LogP contribution in [0.5, 0.6) is 0 Å². The molecule has 1 aliphatic rings. The van der Waals surface area contributed by atoms with Crippen LogP contribution in [0.25, 0.3) is 0 Å². The fourth-order valence-electron chi connectivity index (χ4n) is 3.25. The number of hydrogen-bond acceptors (Lipinski definition) is 6. The van der Waals surface area contributed by atoms with E-state index in [0.29, 0.717) is 34.3 Å². The Balaban J connectivity index is 1.41. The number of morpholine rings is 1. The predicted molar refractivity (Wildman–Crippen MR) is 124 cm³/mol. The van der Waals surface area contributed by atoms with Crippen molar-refractivity contribution in [2.45, 2.75) is 6.92 Å². The molecule has 0 radical (unpaired) electrons. The minimum atomic E-state index is -0.523. The Hall–Kier alpha value is -3.01. The molecule has 1 fully saturated rings. The van der Waals surface area contributed by atoms with Crippen LogP contribution in [0.3, 0.4) is 0 Å². The molecule has 0 unspecified atom stereocenters. The zero-order valence-electron chi connectivity index (χ0n) is 17.2. The van der Waals surface area contributed by atoms with E-state index in [-0.39, 0.29) is 16.5 Å². The highest BCUT2D eigenvalue weighted by atomic mass is 35.5. The molecule has 4 rings (SSSR count). The van der Waals surface area contributed by atoms with Crippen LogP contribution in [0.2, 0.25) is 5.02 Å². The number of halogens is 2. The molecular weight excluding hydrogens is 455 g/mol. The highest BCUT2D eigenvalue weighted by Crippen LogP contribution is 2.29. The highest BCUT2D eigenvalue weighted by Gasteiger charge is 2.18. The van der Waals surface area contributed by atoms with Gasteiger partial charge in [-0.2, -0.15) is 0 Å². The van der Waals surface area contributed by atoms with Gasteiger partial charge in [0.05, 0.1) is 45.6 Å². The van der Waals surface area contributed by atoms with Crippen LogP contribution in [-0.2, 0) is 4.74 Å². The lowest BCUT2D eigenvalue weighted by Gasteiger charge is -2.27. The van der Waals surface area contributed by atoms with Crippen molar-refractivity contribution in [3.8, 4) is 0 Å². The number of nitrogens with one attached hydrogen (secondary N) is 2. The summed E-state index contributed by atoms with van der Waals surface area (Å²) in [4.78, 5) is 32.2. The summed E-state index contributed by atoms with van der Waals surface area (Å²) in [5.74, 6) is -0.465. The SMILES string of the molecule is Cc1cc(NC(=O)c2ccc(F)cc2Cl)sc1C(=O)Nc1ccc(N2CCOCC2)nc1. The van der Waals surface area contributed by atoms with E-state index in [9.17, 15) is 14.0 Å². The van der Waals surface area contributed by atoms with E-state index in [1.165, 1.54) is 6.07 Å². The van der Waals surface area contributed by atoms with Gasteiger partial charge in [0, 0.05) is 13.1 Å². The number of pyridine rings is 1. The van der Waals surface area contributed by atoms with Gasteiger partial charge < -0.3 is 20.3 Å². The quantitative estimate of drug-likeness (QED) is 0.565. The van der Waals surface area contributed by atoms with E-state index in [4.69, 9.17) is 16.3 Å². The summed E-state index contributed by atoms with van der Waals surface area (Å²) in [6, 6.07) is 8.92. The molecule has 10 heteroatoms. The molecule has 2 amide bonds. The molecular formula is C22H20ClFN4O3S. The summed E-state index contributed by atoms with van der Waals surface area (Å²) in [6.07, 6.45) is 1.62. The van der Waals surface area contributed by atoms with Gasteiger partial charge in [0.2, 0.25) is 0 Å². The van der Waals surface area contributed by atoms with Gasteiger partial charge in [0.15, 0.2) is 0 Å². The zero-order valence-corrected chi connectivity index (χ0v) is 18.7. The Labute approximate surface area is 193 Å². The number of amides is 2. The Kier molecular flexibility index (Phi) is 6.69. The summed E-state index contributed by atoms with van der Waals surface area (Å²) in [5, 5.41) is 6.04. The van der Waals surface area contributed by atoms with Gasteiger partial charge in [-0.1, -0.05) is 11.6 Å². The topological polar surface area (TPSA) is 83.6 Å². The van der Waals surface area contributed by atoms with Gasteiger partial charge in [0.25, 0.3) is 11.8 Å². The first-order valence-corrected chi connectivity index (χ1v) is 11.1. The van der Waals surface area contributed by atoms with Crippen LogP contribution in [0.1, 0.15) is 25.6 Å². The molecule has 2 aromatic heterocycles. The van der Waals surface area contributed by atoms with Crippen LogP contribution < -0.4 is 15.5 Å². The molecule has 2 N–H and O–H groups in total. The van der Waals surface area contributed by atoms with Crippen molar-refractivity contribution in [2.75, 3.05) is 41.8 Å². The van der Waals surface area contributed by atoms with E-state index in [0.717, 1.165) is 42.4 Å². The maximum absolute atomic E-state index is 13.2. The van der Waals surface area contributed by atoms with Gasteiger partial charge in [0.1, 0.15) is 11.6 Å². The molecule has 1 aliphatic heterocycles. The number of thiophene rings is 1. The molecule has 0 spiro atoms. The molecule has 0 bridgehead atoms. The Morgan fingerprint density at radius 3 is 2.59 bits per heavy atom. The normalized spacial score (nSPS) is 13.7. The average molecular weight is 475 g/mol. The minimum absolute atomic E-state index is 0.0155. The van der Waals surface area contributed by atoms with E-state index in [1.54, 1.807) is 25.3 Å². The summed E-state index contributed by atoms with van der Waals surface area (Å²) >= 11 is 7.09. The van der Waals surface area contributed by atoms with Crippen LogP contribution in [-0.4, -0.2) is 43.1 Å². The Morgan fingerprint density at radius 1 is 1.12 bits per heavy atom. The fourth-order valence-corrected chi connectivity index (χ4v) is 4.47. The van der Waals surface area contributed by atoms with E-state index < -0.39 is 11.7 Å². The van der Waals surface area contributed by atoms with Crippen molar-refractivity contribution >= 4 is 51.3 Å². The van der Waals surface area contributed by atoms with Crippen molar-refractivity contribution in [3.05, 3.63) is 69.4 Å². The molecule has 166 valence electrons. The number of carbonyl (C=O) groups is 2. The molecule has 7 nitrogen and oxygen atoms in total. The lowest BCUT2D eigenvalue weighted by Crippen LogP contribution is -2.36. The predicted octanol–water partition coefficient (Wildman–Crippen LogP) is 4.59. The number of ether oxygens (including phenoxy) is 1. The molecule has 3 heterocycles. The number of aryl methyl sites for hydroxylation is 1. The standard InChI is InChI=1S/C22H20ClFN4O3S/c1-13-10-19(27-21(29)16-4-2-14(24)11-17(16)23)32-20(13)22(30)26-15-3-5-18(25-12-15)28-6-8-31-9-7-28/h2-5,10-12H,6-9H2,1H3,(H,26,30)(H,27,29). The van der Waals surface area contributed by atoms with Gasteiger partial charge in [-0.05, 0) is 48.9 Å². The largest absolute Gasteiger partial charge is 0.378 e. The maximum Gasteiger partial charge on any atom is 0.266 e. The molecule has 1 aromatic carbocycles. The van der Waals surface area contributed by atoms with Gasteiger partial charge in [-0.25, -0.2) is 9.37 Å². The Bertz CT molecular complexity index is 1150. The third-order valence-corrected chi connectivity index (χ3v) is 6.34. The Morgan fingerprint density at radius 2 is 1.91 bits per heavy atom. The van der Waals surface area contributed by atoms with Crippen molar-refractivity contribution in [3.63, 3.8) is 0 Å². The molecule has 0 aliphatic carbocycles. The monoisotopic (exact) mass is 474 g/mol. The van der Waals surface area contributed by atoms with E-state index in [1.807, 2.05) is 6.07 Å². The molecule has 0 atom stereocenters. The minimum Gasteiger partial charge on any atom is -0.378 e. The van der Waals surface area contributed by atoms with Crippen LogP contribution in [0, 0.1) is 12.7 Å². The first-order chi connectivity index (χ1) is 15.4. The maximum atomic E-state index is 13.2. The first-order valence-electron chi connectivity index (χ1n) is 9.87. The smallest absolute Gasteiger partial charge is 0.266 e. The second kappa shape index (κ2) is 9.64. The number of rotatable bonds is 5. The fraction of sp³-hybridized carbons (Fsp3) is 0.227. The molecule has 0 saturated carbocycles. The van der Waals surface area contributed by atoms with E-state index >= 15 is 0 Å². The summed E-state index contributed by atoms with van der Waals surface area (Å²) in [6.45, 7) is 4.69. The number of nitrogens with zero attached hydrogens (tertiary/aromatic N) is 2. The average Bonchev–Trinajstić information content (AvgIpc) is 3.14. The lowest BCUT2D eigenvalue weighted by molar-refractivity contribution is 0.102. The number of aromatic nitrogens is 1. The zero-order chi connectivity index (χ0) is 22.7. The van der Waals surface area contributed by atoms with E-state index in [2.05, 4.69) is 20.5 Å².